The number of aryl methyl sites for hydroxylation is 2. The van der Waals surface area contributed by atoms with Crippen LogP contribution in [0.1, 0.15) is 27.9 Å². The van der Waals surface area contributed by atoms with Crippen LogP contribution in [0.3, 0.4) is 0 Å². The van der Waals surface area contributed by atoms with E-state index in [9.17, 15) is 9.18 Å². The van der Waals surface area contributed by atoms with Crippen molar-refractivity contribution in [3.05, 3.63) is 125 Å². The van der Waals surface area contributed by atoms with E-state index in [0.717, 1.165) is 28.1 Å². The number of amides is 2. The van der Waals surface area contributed by atoms with Crippen LogP contribution in [0.2, 0.25) is 0 Å². The number of hydrogen-bond donors (Lipinski definition) is 1. The molecule has 3 aromatic carbocycles. The van der Waals surface area contributed by atoms with E-state index in [2.05, 4.69) is 16.8 Å². The molecule has 4 rings (SSSR count). The molecule has 0 saturated heterocycles. The number of benzene rings is 3. The van der Waals surface area contributed by atoms with Crippen molar-refractivity contribution in [2.45, 2.75) is 33.5 Å². The summed E-state index contributed by atoms with van der Waals surface area (Å²) in [6, 6.07) is 26.2. The lowest BCUT2D eigenvalue weighted by Gasteiger charge is -2.24. The predicted octanol–water partition coefficient (Wildman–Crippen LogP) is 6.53. The highest BCUT2D eigenvalue weighted by molar-refractivity contribution is 5.89. The van der Waals surface area contributed by atoms with Gasteiger partial charge < -0.3 is 14.8 Å². The van der Waals surface area contributed by atoms with Crippen LogP contribution < -0.4 is 5.32 Å². The summed E-state index contributed by atoms with van der Waals surface area (Å²) in [5.74, 6) is -0.247. The molecule has 4 nitrogen and oxygen atoms in total. The molecule has 5 heteroatoms. The van der Waals surface area contributed by atoms with Gasteiger partial charge >= 0.3 is 6.03 Å². The number of nitrogens with zero attached hydrogens (tertiary/aromatic N) is 2. The molecule has 0 unspecified atom stereocenters. The lowest BCUT2D eigenvalue weighted by molar-refractivity contribution is 0.205. The van der Waals surface area contributed by atoms with Crippen LogP contribution in [0.25, 0.3) is 0 Å². The Bertz CT molecular complexity index is 1220. The van der Waals surface area contributed by atoms with Crippen LogP contribution in [-0.4, -0.2) is 15.5 Å². The second-order valence-electron chi connectivity index (χ2n) is 8.32. The van der Waals surface area contributed by atoms with Gasteiger partial charge in [0.1, 0.15) is 5.82 Å². The lowest BCUT2D eigenvalue weighted by atomic mass is 10.1. The quantitative estimate of drug-likeness (QED) is 0.348. The number of carbonyl (C=O) groups is 1. The number of nitrogens with one attached hydrogen (secondary N) is 1. The molecular weight excluding hydrogens is 413 g/mol. The van der Waals surface area contributed by atoms with E-state index in [0.29, 0.717) is 19.6 Å². The Kier molecular flexibility index (Phi) is 6.89. The predicted molar refractivity (Wildman–Crippen MR) is 131 cm³/mol. The maximum absolute atomic E-state index is 13.3. The van der Waals surface area contributed by atoms with Crippen molar-refractivity contribution in [1.29, 1.82) is 0 Å². The molecule has 2 amide bonds. The fourth-order valence-electron chi connectivity index (χ4n) is 3.75. The van der Waals surface area contributed by atoms with Crippen LogP contribution in [0.15, 0.2) is 91.1 Å². The van der Waals surface area contributed by atoms with Gasteiger partial charge in [0.2, 0.25) is 0 Å². The summed E-state index contributed by atoms with van der Waals surface area (Å²) < 4.78 is 15.4. The molecule has 1 N–H and O–H groups in total. The minimum Gasteiger partial charge on any atom is -0.345 e. The average Bonchev–Trinajstić information content (AvgIpc) is 3.24. The first kappa shape index (κ1) is 22.3. The number of rotatable bonds is 7. The monoisotopic (exact) mass is 441 g/mol. The van der Waals surface area contributed by atoms with Gasteiger partial charge in [-0.25, -0.2) is 9.18 Å². The van der Waals surface area contributed by atoms with Gasteiger partial charge in [-0.1, -0.05) is 48.5 Å². The molecule has 168 valence electrons. The van der Waals surface area contributed by atoms with Gasteiger partial charge in [-0.3, -0.25) is 0 Å². The summed E-state index contributed by atoms with van der Waals surface area (Å²) in [5.41, 5.74) is 6.17. The molecule has 0 saturated carbocycles. The molecule has 33 heavy (non-hydrogen) atoms. The van der Waals surface area contributed by atoms with Crippen LogP contribution in [0, 0.1) is 19.7 Å². The van der Waals surface area contributed by atoms with Crippen molar-refractivity contribution in [2.24, 2.45) is 0 Å². The summed E-state index contributed by atoms with van der Waals surface area (Å²) in [4.78, 5) is 15.1. The van der Waals surface area contributed by atoms with Crippen molar-refractivity contribution in [3.8, 4) is 0 Å². The number of halogens is 1. The van der Waals surface area contributed by atoms with Gasteiger partial charge in [-0.15, -0.1) is 0 Å². The first-order chi connectivity index (χ1) is 16.0. The molecule has 0 aliphatic heterocycles. The van der Waals surface area contributed by atoms with Crippen LogP contribution in [-0.2, 0) is 19.6 Å². The number of aromatic nitrogens is 1. The van der Waals surface area contributed by atoms with E-state index in [4.69, 9.17) is 0 Å². The summed E-state index contributed by atoms with van der Waals surface area (Å²) in [6.45, 7) is 5.63. The Morgan fingerprint density at radius 2 is 1.61 bits per heavy atom. The Balaban J connectivity index is 1.55. The van der Waals surface area contributed by atoms with Gasteiger partial charge in [-0.2, -0.15) is 0 Å². The zero-order chi connectivity index (χ0) is 23.2. The zero-order valence-corrected chi connectivity index (χ0v) is 19.0. The number of hydrogen-bond acceptors (Lipinski definition) is 1. The smallest absolute Gasteiger partial charge is 0.322 e. The molecule has 0 radical (unpaired) electrons. The maximum atomic E-state index is 13.3. The largest absolute Gasteiger partial charge is 0.345 e. The minimum atomic E-state index is -0.247. The van der Waals surface area contributed by atoms with E-state index in [1.54, 1.807) is 17.0 Å². The van der Waals surface area contributed by atoms with E-state index in [1.165, 1.54) is 17.7 Å². The normalized spacial score (nSPS) is 10.8. The average molecular weight is 442 g/mol. The van der Waals surface area contributed by atoms with Crippen LogP contribution in [0.5, 0.6) is 0 Å². The highest BCUT2D eigenvalue weighted by Gasteiger charge is 2.17. The van der Waals surface area contributed by atoms with E-state index >= 15 is 0 Å². The highest BCUT2D eigenvalue weighted by Crippen LogP contribution is 2.18. The fraction of sp³-hybridized carbons (Fsp3) is 0.179. The Morgan fingerprint density at radius 3 is 2.33 bits per heavy atom. The van der Waals surface area contributed by atoms with Crippen LogP contribution >= 0.6 is 0 Å². The van der Waals surface area contributed by atoms with Crippen molar-refractivity contribution in [3.63, 3.8) is 0 Å². The highest BCUT2D eigenvalue weighted by atomic mass is 19.1. The number of carbonyl (C=O) groups excluding carboxylic acids is 1. The second kappa shape index (κ2) is 10.2. The number of urea groups is 1. The lowest BCUT2D eigenvalue weighted by Crippen LogP contribution is -2.34. The van der Waals surface area contributed by atoms with Crippen molar-refractivity contribution < 1.29 is 9.18 Å². The molecule has 0 bridgehead atoms. The second-order valence-corrected chi connectivity index (χ2v) is 8.32. The van der Waals surface area contributed by atoms with E-state index < -0.39 is 0 Å². The minimum absolute atomic E-state index is 0.156. The molecule has 0 atom stereocenters. The van der Waals surface area contributed by atoms with Crippen LogP contribution in [0.4, 0.5) is 14.9 Å². The third kappa shape index (κ3) is 5.89. The van der Waals surface area contributed by atoms with Gasteiger partial charge in [-0.05, 0) is 72.5 Å². The Hall–Kier alpha value is -3.86. The SMILES string of the molecule is Cc1ccc(NC(=O)N(Cc2ccccc2)Cc2cccn2Cc2ccc(F)cc2)cc1C. The molecule has 0 aliphatic rings. The summed E-state index contributed by atoms with van der Waals surface area (Å²) in [5, 5.41) is 3.05. The number of anilines is 1. The van der Waals surface area contributed by atoms with Gasteiger partial charge in [0.25, 0.3) is 0 Å². The van der Waals surface area contributed by atoms with E-state index in [-0.39, 0.29) is 11.8 Å². The van der Waals surface area contributed by atoms with Crippen molar-refractivity contribution in [1.82, 2.24) is 9.47 Å². The van der Waals surface area contributed by atoms with Gasteiger partial charge in [0, 0.05) is 30.7 Å². The molecule has 4 aromatic rings. The van der Waals surface area contributed by atoms with Crippen molar-refractivity contribution >= 4 is 11.7 Å². The fourth-order valence-corrected chi connectivity index (χ4v) is 3.75. The van der Waals surface area contributed by atoms with Crippen molar-refractivity contribution in [2.75, 3.05) is 5.32 Å². The third-order valence-corrected chi connectivity index (χ3v) is 5.80. The topological polar surface area (TPSA) is 37.3 Å². The Morgan fingerprint density at radius 1 is 0.848 bits per heavy atom. The molecule has 1 aromatic heterocycles. The molecular formula is C28H28FN3O. The maximum Gasteiger partial charge on any atom is 0.322 e. The zero-order valence-electron chi connectivity index (χ0n) is 19.0. The first-order valence-electron chi connectivity index (χ1n) is 11.0. The third-order valence-electron chi connectivity index (χ3n) is 5.80. The van der Waals surface area contributed by atoms with Gasteiger partial charge in [0.05, 0.1) is 6.54 Å². The molecule has 0 fully saturated rings. The first-order valence-corrected chi connectivity index (χ1v) is 11.0. The molecule has 1 heterocycles. The van der Waals surface area contributed by atoms with Gasteiger partial charge in [0.15, 0.2) is 0 Å². The Labute approximate surface area is 194 Å². The molecule has 0 spiro atoms. The summed E-state index contributed by atoms with van der Waals surface area (Å²) in [7, 11) is 0. The molecule has 0 aliphatic carbocycles. The summed E-state index contributed by atoms with van der Waals surface area (Å²) in [6.07, 6.45) is 1.99. The van der Waals surface area contributed by atoms with E-state index in [1.807, 2.05) is 73.8 Å². The summed E-state index contributed by atoms with van der Waals surface area (Å²) >= 11 is 0. The standard InChI is InChI=1S/C28H28FN3O/c1-21-10-15-26(17-22(21)2)30-28(33)32(19-23-7-4-3-5-8-23)20-27-9-6-16-31(27)18-24-11-13-25(29)14-12-24/h3-17H,18-20H2,1-2H3,(H,30,33).